The number of anilines is 1. The van der Waals surface area contributed by atoms with E-state index < -0.39 is 16.0 Å². The third-order valence-electron chi connectivity index (χ3n) is 6.82. The largest absolute Gasteiger partial charge is 0.478 e. The Balaban J connectivity index is 0.00000420. The minimum Gasteiger partial charge on any atom is -0.478 e. The monoisotopic (exact) mass is 574 g/mol. The van der Waals surface area contributed by atoms with Gasteiger partial charge in [0.25, 0.3) is 10.0 Å². The van der Waals surface area contributed by atoms with E-state index in [1.807, 2.05) is 32.0 Å². The zero-order chi connectivity index (χ0) is 27.7. The summed E-state index contributed by atoms with van der Waals surface area (Å²) in [6.07, 6.45) is 3.12. The average molecular weight is 575 g/mol. The highest BCUT2D eigenvalue weighted by Crippen LogP contribution is 2.46. The molecule has 2 aromatic carbocycles. The number of aryl methyl sites for hydroxylation is 2. The lowest BCUT2D eigenvalue weighted by atomic mass is 9.63. The fraction of sp³-hybridized carbons (Fsp3) is 0.393. The van der Waals surface area contributed by atoms with Crippen molar-refractivity contribution in [3.63, 3.8) is 0 Å². The number of carbonyl (C=O) groups is 1. The number of nitrogens with zero attached hydrogens (tertiary/aromatic N) is 2. The molecule has 9 nitrogen and oxygen atoms in total. The Bertz CT molecular complexity index is 1430. The first-order valence-electron chi connectivity index (χ1n) is 12.5. The molecule has 11 heteroatoms. The van der Waals surface area contributed by atoms with Gasteiger partial charge in [0.1, 0.15) is 6.61 Å². The predicted octanol–water partition coefficient (Wildman–Crippen LogP) is 5.21. The number of ether oxygens (including phenoxy) is 1. The van der Waals surface area contributed by atoms with E-state index in [-0.39, 0.29) is 47.3 Å². The number of benzene rings is 2. The highest BCUT2D eigenvalue weighted by molar-refractivity contribution is 7.92. The molecule has 1 aromatic heterocycles. The number of hydrogen-bond acceptors (Lipinski definition) is 7. The van der Waals surface area contributed by atoms with Gasteiger partial charge in [-0.2, -0.15) is 4.98 Å². The molecule has 0 spiro atoms. The molecular formula is C28H35ClN4O5S. The van der Waals surface area contributed by atoms with Gasteiger partial charge >= 0.3 is 5.97 Å². The van der Waals surface area contributed by atoms with Gasteiger partial charge < -0.3 is 15.6 Å². The number of rotatable bonds is 10. The van der Waals surface area contributed by atoms with Crippen LogP contribution >= 0.6 is 12.4 Å². The molecule has 1 fully saturated rings. The summed E-state index contributed by atoms with van der Waals surface area (Å²) in [6.45, 7) is 8.63. The van der Waals surface area contributed by atoms with E-state index in [1.165, 1.54) is 18.2 Å². The molecule has 1 aliphatic carbocycles. The van der Waals surface area contributed by atoms with Crippen molar-refractivity contribution in [2.75, 3.05) is 11.3 Å². The van der Waals surface area contributed by atoms with E-state index in [9.17, 15) is 18.3 Å². The van der Waals surface area contributed by atoms with E-state index in [4.69, 9.17) is 10.5 Å². The third kappa shape index (κ3) is 7.46. The number of nitrogens with two attached hydrogens (primary N) is 1. The van der Waals surface area contributed by atoms with Crippen molar-refractivity contribution in [3.8, 4) is 17.1 Å². The Labute approximate surface area is 235 Å². The Hall–Kier alpha value is -3.21. The van der Waals surface area contributed by atoms with E-state index in [1.54, 1.807) is 6.07 Å². The van der Waals surface area contributed by atoms with Gasteiger partial charge in [-0.05, 0) is 73.8 Å². The van der Waals surface area contributed by atoms with Gasteiger partial charge in [0.15, 0.2) is 0 Å². The molecule has 1 unspecified atom stereocenters. The van der Waals surface area contributed by atoms with Crippen LogP contribution in [0.1, 0.15) is 54.6 Å². The fourth-order valence-corrected chi connectivity index (χ4v) is 6.21. The maximum Gasteiger partial charge on any atom is 0.335 e. The average Bonchev–Trinajstić information content (AvgIpc) is 2.81. The molecule has 0 amide bonds. The van der Waals surface area contributed by atoms with Crippen molar-refractivity contribution >= 4 is 34.3 Å². The van der Waals surface area contributed by atoms with Gasteiger partial charge in [0, 0.05) is 17.7 Å². The topological polar surface area (TPSA) is 144 Å². The maximum absolute atomic E-state index is 13.1. The second-order valence-electron chi connectivity index (χ2n) is 10.9. The first-order chi connectivity index (χ1) is 17.8. The van der Waals surface area contributed by atoms with Crippen molar-refractivity contribution in [1.29, 1.82) is 0 Å². The number of halogens is 1. The maximum atomic E-state index is 13.1. The lowest BCUT2D eigenvalue weighted by molar-refractivity contribution is 0.0696. The molecule has 0 bridgehead atoms. The fourth-order valence-electron chi connectivity index (χ4n) is 5.22. The Morgan fingerprint density at radius 3 is 2.38 bits per heavy atom. The molecule has 3 aromatic rings. The molecule has 4 rings (SSSR count). The van der Waals surface area contributed by atoms with Crippen LogP contribution in [0.25, 0.3) is 11.3 Å². The van der Waals surface area contributed by atoms with Crippen LogP contribution in [0.4, 0.5) is 5.95 Å². The number of carboxylic acids is 1. The standard InChI is InChI=1S/C28H34N4O5S.ClH/c1-17-7-5-8-18(2)25(17)23-13-24(37-16-21(29)11-19-14-28(3,4)15-19)31-27(30-23)32-38(35,36)22-10-6-9-20(12-22)26(33)34;/h5-10,12-13,19,21H,11,14-16,29H2,1-4H3,(H,33,34)(H,30,31,32);1H. The lowest BCUT2D eigenvalue weighted by Crippen LogP contribution is -2.38. The first kappa shape index (κ1) is 30.3. The molecule has 210 valence electrons. The van der Waals surface area contributed by atoms with Crippen molar-refractivity contribution in [2.24, 2.45) is 17.1 Å². The van der Waals surface area contributed by atoms with Crippen LogP contribution in [0.3, 0.4) is 0 Å². The predicted molar refractivity (Wildman–Crippen MR) is 153 cm³/mol. The van der Waals surface area contributed by atoms with Crippen molar-refractivity contribution in [3.05, 3.63) is 65.2 Å². The van der Waals surface area contributed by atoms with Crippen LogP contribution in [-0.2, 0) is 10.0 Å². The Kier molecular flexibility index (Phi) is 9.25. The summed E-state index contributed by atoms with van der Waals surface area (Å²) < 4.78 is 34.5. The number of aromatic nitrogens is 2. The molecule has 0 radical (unpaired) electrons. The zero-order valence-corrected chi connectivity index (χ0v) is 24.1. The molecule has 39 heavy (non-hydrogen) atoms. The van der Waals surface area contributed by atoms with E-state index in [2.05, 4.69) is 28.5 Å². The molecule has 0 saturated heterocycles. The third-order valence-corrected chi connectivity index (χ3v) is 8.15. The van der Waals surface area contributed by atoms with Crippen molar-refractivity contribution in [1.82, 2.24) is 9.97 Å². The minimum atomic E-state index is -4.18. The van der Waals surface area contributed by atoms with E-state index in [0.29, 0.717) is 17.0 Å². The molecule has 1 heterocycles. The van der Waals surface area contributed by atoms with E-state index in [0.717, 1.165) is 42.0 Å². The number of hydrogen-bond donors (Lipinski definition) is 3. The summed E-state index contributed by atoms with van der Waals surface area (Å²) in [7, 11) is -4.18. The lowest BCUT2D eigenvalue weighted by Gasteiger charge is -2.43. The number of nitrogens with one attached hydrogen (secondary N) is 1. The van der Waals surface area contributed by atoms with Crippen molar-refractivity contribution < 1.29 is 23.1 Å². The van der Waals surface area contributed by atoms with Gasteiger partial charge in [0.05, 0.1) is 16.2 Å². The summed E-state index contributed by atoms with van der Waals surface area (Å²) in [5.41, 5.74) is 9.83. The molecule has 1 atom stereocenters. The second kappa shape index (κ2) is 11.9. The zero-order valence-electron chi connectivity index (χ0n) is 22.5. The Morgan fingerprint density at radius 2 is 1.77 bits per heavy atom. The summed E-state index contributed by atoms with van der Waals surface area (Å²) in [6, 6.07) is 12.4. The van der Waals surface area contributed by atoms with Crippen LogP contribution in [0.5, 0.6) is 5.88 Å². The molecule has 1 aliphatic rings. The van der Waals surface area contributed by atoms with Crippen LogP contribution in [0.2, 0.25) is 0 Å². The van der Waals surface area contributed by atoms with Gasteiger partial charge in [-0.25, -0.2) is 22.9 Å². The number of aromatic carboxylic acids is 1. The summed E-state index contributed by atoms with van der Waals surface area (Å²) in [4.78, 5) is 19.9. The smallest absolute Gasteiger partial charge is 0.335 e. The highest BCUT2D eigenvalue weighted by atomic mass is 35.5. The van der Waals surface area contributed by atoms with Crippen LogP contribution < -0.4 is 15.2 Å². The van der Waals surface area contributed by atoms with Crippen molar-refractivity contribution in [2.45, 2.75) is 57.9 Å². The van der Waals surface area contributed by atoms with E-state index >= 15 is 0 Å². The van der Waals surface area contributed by atoms with Gasteiger partial charge in [-0.15, -0.1) is 12.4 Å². The summed E-state index contributed by atoms with van der Waals surface area (Å²) in [5.74, 6) is -0.648. The van der Waals surface area contributed by atoms with Gasteiger partial charge in [-0.1, -0.05) is 38.1 Å². The van der Waals surface area contributed by atoms with Gasteiger partial charge in [-0.3, -0.25) is 0 Å². The SMILES string of the molecule is Cc1cccc(C)c1-c1cc(OCC(N)CC2CC(C)(C)C2)nc(NS(=O)(=O)c2cccc(C(=O)O)c2)n1.Cl. The normalized spacial score (nSPS) is 15.5. The molecule has 0 aliphatic heterocycles. The van der Waals surface area contributed by atoms with Gasteiger partial charge in [0.2, 0.25) is 11.8 Å². The quantitative estimate of drug-likeness (QED) is 0.299. The van der Waals surface area contributed by atoms with Crippen LogP contribution in [-0.4, -0.2) is 42.1 Å². The minimum absolute atomic E-state index is 0. The van der Waals surface area contributed by atoms with Crippen LogP contribution in [0, 0.1) is 25.2 Å². The highest BCUT2D eigenvalue weighted by Gasteiger charge is 2.36. The second-order valence-corrected chi connectivity index (χ2v) is 12.5. The first-order valence-corrected chi connectivity index (χ1v) is 14.0. The summed E-state index contributed by atoms with van der Waals surface area (Å²) >= 11 is 0. The Morgan fingerprint density at radius 1 is 1.13 bits per heavy atom. The number of carboxylic acid groups (broad SMARTS) is 1. The molecular weight excluding hydrogens is 540 g/mol. The number of sulfonamides is 1. The summed E-state index contributed by atoms with van der Waals surface area (Å²) in [5, 5.41) is 9.25. The molecule has 4 N–H and O–H groups in total. The molecule has 1 saturated carbocycles. The van der Waals surface area contributed by atoms with Crippen LogP contribution in [0.15, 0.2) is 53.4 Å².